The Morgan fingerprint density at radius 1 is 1.08 bits per heavy atom. The second-order valence-electron chi connectivity index (χ2n) is 6.07. The second-order valence-corrected chi connectivity index (χ2v) is 8.04. The van der Waals surface area contributed by atoms with Crippen LogP contribution in [-0.2, 0) is 10.0 Å². The van der Waals surface area contributed by atoms with E-state index in [9.17, 15) is 13.2 Å². The Morgan fingerprint density at radius 3 is 2.44 bits per heavy atom. The molecule has 1 aliphatic heterocycles. The molecule has 25 heavy (non-hydrogen) atoms. The monoisotopic (exact) mass is 359 g/mol. The Balaban J connectivity index is 1.87. The molecule has 1 aromatic heterocycles. The molecule has 0 saturated carbocycles. The number of likely N-dealkylation sites (tertiary alicyclic amines) is 1. The first-order valence-corrected chi connectivity index (χ1v) is 9.72. The van der Waals surface area contributed by atoms with Crippen molar-refractivity contribution in [3.8, 4) is 0 Å². The zero-order chi connectivity index (χ0) is 17.9. The zero-order valence-corrected chi connectivity index (χ0v) is 14.9. The third kappa shape index (κ3) is 3.66. The number of anilines is 1. The SMILES string of the molecule is CN(c1cncc(C(=O)N2CCCCC2)c1)S(=O)(=O)c1ccccc1. The number of benzene rings is 1. The number of carbonyl (C=O) groups is 1. The molecule has 1 saturated heterocycles. The normalized spacial score (nSPS) is 15.0. The van der Waals surface area contributed by atoms with Crippen LogP contribution in [0.3, 0.4) is 0 Å². The number of sulfonamides is 1. The zero-order valence-electron chi connectivity index (χ0n) is 14.1. The molecule has 3 rings (SSSR count). The third-order valence-corrected chi connectivity index (χ3v) is 6.18. The highest BCUT2D eigenvalue weighted by molar-refractivity contribution is 7.92. The van der Waals surface area contributed by atoms with E-state index in [-0.39, 0.29) is 10.8 Å². The summed E-state index contributed by atoms with van der Waals surface area (Å²) in [6.45, 7) is 1.47. The second kappa shape index (κ2) is 7.23. The summed E-state index contributed by atoms with van der Waals surface area (Å²) in [6.07, 6.45) is 6.08. The Hall–Kier alpha value is -2.41. The predicted molar refractivity (Wildman–Crippen MR) is 96.0 cm³/mol. The van der Waals surface area contributed by atoms with Crippen molar-refractivity contribution < 1.29 is 13.2 Å². The van der Waals surface area contributed by atoms with E-state index in [0.717, 1.165) is 36.7 Å². The van der Waals surface area contributed by atoms with Gasteiger partial charge in [0.05, 0.1) is 22.3 Å². The summed E-state index contributed by atoms with van der Waals surface area (Å²) in [6, 6.07) is 9.79. The van der Waals surface area contributed by atoms with Crippen molar-refractivity contribution in [3.63, 3.8) is 0 Å². The quantitative estimate of drug-likeness (QED) is 0.841. The van der Waals surface area contributed by atoms with Gasteiger partial charge in [-0.3, -0.25) is 14.1 Å². The van der Waals surface area contributed by atoms with Crippen LogP contribution in [0.1, 0.15) is 29.6 Å². The van der Waals surface area contributed by atoms with E-state index in [1.807, 2.05) is 0 Å². The molecular weight excluding hydrogens is 338 g/mol. The average Bonchev–Trinajstić information content (AvgIpc) is 2.68. The molecule has 1 aliphatic rings. The van der Waals surface area contributed by atoms with Crippen LogP contribution in [0, 0.1) is 0 Å². The summed E-state index contributed by atoms with van der Waals surface area (Å²) < 4.78 is 26.6. The van der Waals surface area contributed by atoms with Crippen LogP contribution in [0.4, 0.5) is 5.69 Å². The van der Waals surface area contributed by atoms with Crippen LogP contribution in [-0.4, -0.2) is 44.3 Å². The fourth-order valence-electron chi connectivity index (χ4n) is 2.89. The lowest BCUT2D eigenvalue weighted by Crippen LogP contribution is -2.35. The third-order valence-electron chi connectivity index (χ3n) is 4.38. The lowest BCUT2D eigenvalue weighted by Gasteiger charge is -2.27. The molecule has 1 fully saturated rings. The molecule has 1 aromatic carbocycles. The van der Waals surface area contributed by atoms with Crippen molar-refractivity contribution in [1.29, 1.82) is 0 Å². The summed E-state index contributed by atoms with van der Waals surface area (Å²) >= 11 is 0. The van der Waals surface area contributed by atoms with Gasteiger partial charge in [-0.1, -0.05) is 18.2 Å². The molecule has 0 spiro atoms. The number of aromatic nitrogens is 1. The van der Waals surface area contributed by atoms with Crippen molar-refractivity contribution in [2.75, 3.05) is 24.4 Å². The van der Waals surface area contributed by atoms with Crippen molar-refractivity contribution >= 4 is 21.6 Å². The minimum atomic E-state index is -3.69. The summed E-state index contributed by atoms with van der Waals surface area (Å²) in [5.41, 5.74) is 0.779. The fourth-order valence-corrected chi connectivity index (χ4v) is 4.08. The lowest BCUT2D eigenvalue weighted by molar-refractivity contribution is 0.0724. The molecule has 0 atom stereocenters. The van der Waals surface area contributed by atoms with E-state index in [2.05, 4.69) is 4.98 Å². The van der Waals surface area contributed by atoms with Crippen LogP contribution in [0.15, 0.2) is 53.7 Å². The molecule has 0 N–H and O–H groups in total. The maximum absolute atomic E-state index is 12.7. The number of piperidine rings is 1. The van der Waals surface area contributed by atoms with Gasteiger partial charge in [0.15, 0.2) is 0 Å². The molecular formula is C18H21N3O3S. The van der Waals surface area contributed by atoms with E-state index < -0.39 is 10.0 Å². The first-order valence-electron chi connectivity index (χ1n) is 8.28. The van der Waals surface area contributed by atoms with E-state index in [1.165, 1.54) is 19.4 Å². The number of hydrogen-bond acceptors (Lipinski definition) is 4. The first-order chi connectivity index (χ1) is 12.0. The average molecular weight is 359 g/mol. The molecule has 2 heterocycles. The van der Waals surface area contributed by atoms with Gasteiger partial charge in [0.25, 0.3) is 15.9 Å². The Kier molecular flexibility index (Phi) is 5.03. The van der Waals surface area contributed by atoms with Crippen LogP contribution in [0.5, 0.6) is 0 Å². The van der Waals surface area contributed by atoms with Crippen LogP contribution < -0.4 is 4.31 Å². The van der Waals surface area contributed by atoms with Gasteiger partial charge in [-0.05, 0) is 37.5 Å². The van der Waals surface area contributed by atoms with Gasteiger partial charge in [-0.25, -0.2) is 8.42 Å². The molecule has 7 heteroatoms. The van der Waals surface area contributed by atoms with Crippen LogP contribution in [0.25, 0.3) is 0 Å². The predicted octanol–water partition coefficient (Wildman–Crippen LogP) is 2.53. The molecule has 0 unspecified atom stereocenters. The Bertz CT molecular complexity index is 847. The van der Waals surface area contributed by atoms with Crippen molar-refractivity contribution in [3.05, 3.63) is 54.4 Å². The molecule has 2 aromatic rings. The minimum Gasteiger partial charge on any atom is -0.339 e. The fraction of sp³-hybridized carbons (Fsp3) is 0.333. The summed E-state index contributed by atoms with van der Waals surface area (Å²) in [5.74, 6) is -0.0976. The highest BCUT2D eigenvalue weighted by Gasteiger charge is 2.23. The molecule has 1 amide bonds. The topological polar surface area (TPSA) is 70.6 Å². The van der Waals surface area contributed by atoms with Gasteiger partial charge >= 0.3 is 0 Å². The van der Waals surface area contributed by atoms with Crippen LogP contribution in [0.2, 0.25) is 0 Å². The number of nitrogens with zero attached hydrogens (tertiary/aromatic N) is 3. The standard InChI is InChI=1S/C18H21N3O3S/c1-20(25(23,24)17-8-4-2-5-9-17)16-12-15(13-19-14-16)18(22)21-10-6-3-7-11-21/h2,4-5,8-9,12-14H,3,6-7,10-11H2,1H3. The van der Waals surface area contributed by atoms with Crippen LogP contribution >= 0.6 is 0 Å². The highest BCUT2D eigenvalue weighted by Crippen LogP contribution is 2.23. The van der Waals surface area contributed by atoms with Gasteiger partial charge in [-0.2, -0.15) is 0 Å². The summed E-state index contributed by atoms with van der Waals surface area (Å²) in [5, 5.41) is 0. The number of carbonyl (C=O) groups excluding carboxylic acids is 1. The minimum absolute atomic E-state index is 0.0976. The molecule has 6 nitrogen and oxygen atoms in total. The van der Waals surface area contributed by atoms with Crippen molar-refractivity contribution in [2.24, 2.45) is 0 Å². The van der Waals surface area contributed by atoms with E-state index in [1.54, 1.807) is 41.3 Å². The maximum Gasteiger partial charge on any atom is 0.264 e. The van der Waals surface area contributed by atoms with Crippen molar-refractivity contribution in [2.45, 2.75) is 24.2 Å². The summed E-state index contributed by atoms with van der Waals surface area (Å²) in [7, 11) is -2.22. The van der Waals surface area contributed by atoms with E-state index >= 15 is 0 Å². The largest absolute Gasteiger partial charge is 0.339 e. The van der Waals surface area contributed by atoms with E-state index in [0.29, 0.717) is 11.3 Å². The molecule has 0 radical (unpaired) electrons. The molecule has 0 bridgehead atoms. The van der Waals surface area contributed by atoms with Gasteiger partial charge in [0, 0.05) is 26.3 Å². The number of pyridine rings is 1. The smallest absolute Gasteiger partial charge is 0.264 e. The number of rotatable bonds is 4. The van der Waals surface area contributed by atoms with Gasteiger partial charge in [0.2, 0.25) is 0 Å². The number of amides is 1. The lowest BCUT2D eigenvalue weighted by atomic mass is 10.1. The maximum atomic E-state index is 12.7. The molecule has 0 aliphatic carbocycles. The van der Waals surface area contributed by atoms with Crippen molar-refractivity contribution in [1.82, 2.24) is 9.88 Å². The Morgan fingerprint density at radius 2 is 1.76 bits per heavy atom. The highest BCUT2D eigenvalue weighted by atomic mass is 32.2. The molecule has 132 valence electrons. The first kappa shape index (κ1) is 17.4. The number of hydrogen-bond donors (Lipinski definition) is 0. The summed E-state index contributed by atoms with van der Waals surface area (Å²) in [4.78, 5) is 18.7. The van der Waals surface area contributed by atoms with Gasteiger partial charge in [-0.15, -0.1) is 0 Å². The van der Waals surface area contributed by atoms with E-state index in [4.69, 9.17) is 0 Å². The Labute approximate surface area is 148 Å². The van der Waals surface area contributed by atoms with Gasteiger partial charge < -0.3 is 4.90 Å². The van der Waals surface area contributed by atoms with Gasteiger partial charge in [0.1, 0.15) is 0 Å².